The predicted molar refractivity (Wildman–Crippen MR) is 103 cm³/mol. The van der Waals surface area contributed by atoms with Crippen molar-refractivity contribution in [2.45, 2.75) is 46.1 Å². The van der Waals surface area contributed by atoms with E-state index in [0.29, 0.717) is 37.1 Å². The van der Waals surface area contributed by atoms with Crippen molar-refractivity contribution in [1.82, 2.24) is 10.4 Å². The summed E-state index contributed by atoms with van der Waals surface area (Å²) >= 11 is 0. The lowest BCUT2D eigenvalue weighted by molar-refractivity contribution is -0.153. The highest BCUT2D eigenvalue weighted by Gasteiger charge is 2.51. The topological polar surface area (TPSA) is 67.9 Å². The number of esters is 1. The maximum absolute atomic E-state index is 13.1. The molecule has 1 N–H and O–H groups in total. The summed E-state index contributed by atoms with van der Waals surface area (Å²) in [6.45, 7) is 9.33. The van der Waals surface area contributed by atoms with Crippen LogP contribution >= 0.6 is 0 Å². The Balaban J connectivity index is 2.18. The molecule has 1 aromatic rings. The first-order valence-electron chi connectivity index (χ1n) is 9.44. The Morgan fingerprint density at radius 1 is 1.19 bits per heavy atom. The Hall–Kier alpha value is -2.18. The van der Waals surface area contributed by atoms with Gasteiger partial charge in [-0.05, 0) is 57.2 Å². The van der Waals surface area contributed by atoms with Crippen LogP contribution in [0.3, 0.4) is 0 Å². The Morgan fingerprint density at radius 2 is 1.78 bits per heavy atom. The van der Waals surface area contributed by atoms with E-state index in [0.717, 1.165) is 22.3 Å². The van der Waals surface area contributed by atoms with Crippen LogP contribution in [-0.2, 0) is 19.2 Å². The lowest BCUT2D eigenvalue weighted by Crippen LogP contribution is -2.53. The lowest BCUT2D eigenvalue weighted by Gasteiger charge is -2.39. The number of amides is 1. The molecule has 0 aliphatic carbocycles. The summed E-state index contributed by atoms with van der Waals surface area (Å²) in [6.07, 6.45) is 1.21. The minimum absolute atomic E-state index is 0.195. The molecule has 2 aliphatic rings. The van der Waals surface area contributed by atoms with E-state index < -0.39 is 11.5 Å². The number of hydroxylamine groups is 2. The van der Waals surface area contributed by atoms with Gasteiger partial charge in [0, 0.05) is 13.1 Å². The molecule has 6 heteroatoms. The number of rotatable bonds is 4. The van der Waals surface area contributed by atoms with Gasteiger partial charge in [0.25, 0.3) is 5.91 Å². The van der Waals surface area contributed by atoms with Crippen molar-refractivity contribution in [2.75, 3.05) is 26.8 Å². The third-order valence-electron chi connectivity index (χ3n) is 5.55. The average molecular weight is 372 g/mol. The van der Waals surface area contributed by atoms with Crippen molar-refractivity contribution >= 4 is 17.4 Å². The minimum atomic E-state index is -0.697. The van der Waals surface area contributed by atoms with E-state index in [1.807, 2.05) is 38.0 Å². The van der Waals surface area contributed by atoms with Gasteiger partial charge in [-0.2, -0.15) is 5.06 Å². The average Bonchev–Trinajstić information content (AvgIpc) is 2.87. The third-order valence-corrected chi connectivity index (χ3v) is 5.55. The summed E-state index contributed by atoms with van der Waals surface area (Å²) in [4.78, 5) is 31.4. The molecule has 1 saturated heterocycles. The monoisotopic (exact) mass is 372 g/mol. The molecular formula is C21H28N2O4. The van der Waals surface area contributed by atoms with Gasteiger partial charge in [0.15, 0.2) is 0 Å². The number of aryl methyl sites for hydroxylation is 3. The first-order valence-corrected chi connectivity index (χ1v) is 9.44. The fourth-order valence-electron chi connectivity index (χ4n) is 4.43. The molecule has 0 unspecified atom stereocenters. The number of nitrogens with zero attached hydrogens (tertiary/aromatic N) is 1. The second kappa shape index (κ2) is 7.44. The van der Waals surface area contributed by atoms with E-state index in [1.165, 1.54) is 0 Å². The zero-order valence-corrected chi connectivity index (χ0v) is 16.8. The van der Waals surface area contributed by atoms with Crippen LogP contribution in [0.2, 0.25) is 0 Å². The van der Waals surface area contributed by atoms with Crippen molar-refractivity contribution in [3.8, 4) is 0 Å². The molecule has 146 valence electrons. The highest BCUT2D eigenvalue weighted by molar-refractivity contribution is 6.29. The van der Waals surface area contributed by atoms with Crippen LogP contribution in [0.4, 0.5) is 0 Å². The SMILES string of the molecule is CCOC(=O)C1=C(c2c(C)cc(C)cc2C)C(=O)NC12CCN(OC)CC2. The van der Waals surface area contributed by atoms with E-state index in [-0.39, 0.29) is 12.5 Å². The van der Waals surface area contributed by atoms with Gasteiger partial charge >= 0.3 is 5.97 Å². The first kappa shape index (κ1) is 19.6. The van der Waals surface area contributed by atoms with Crippen molar-refractivity contribution in [1.29, 1.82) is 0 Å². The number of ether oxygens (including phenoxy) is 1. The standard InChI is InChI=1S/C21H28N2O4/c1-6-27-20(25)18-17(16-14(3)11-13(2)12-15(16)4)19(24)22-21(18)7-9-23(26-5)10-8-21/h11-12H,6-10H2,1-5H3,(H,22,24). The van der Waals surface area contributed by atoms with E-state index in [2.05, 4.69) is 5.32 Å². The van der Waals surface area contributed by atoms with Gasteiger partial charge in [0.1, 0.15) is 0 Å². The maximum atomic E-state index is 13.1. The van der Waals surface area contributed by atoms with Crippen LogP contribution in [-0.4, -0.2) is 49.3 Å². The van der Waals surface area contributed by atoms with Crippen molar-refractivity contribution in [3.05, 3.63) is 40.0 Å². The lowest BCUT2D eigenvalue weighted by atomic mass is 9.79. The number of carbonyl (C=O) groups is 2. The van der Waals surface area contributed by atoms with Gasteiger partial charge in [0.2, 0.25) is 0 Å². The molecule has 0 atom stereocenters. The summed E-state index contributed by atoms with van der Waals surface area (Å²) in [5, 5.41) is 4.97. The quantitative estimate of drug-likeness (QED) is 0.823. The van der Waals surface area contributed by atoms with Crippen LogP contribution in [0.1, 0.15) is 42.0 Å². The smallest absolute Gasteiger partial charge is 0.337 e. The number of nitrogens with one attached hydrogen (secondary N) is 1. The Bertz CT molecular complexity index is 781. The molecule has 0 saturated carbocycles. The molecule has 0 radical (unpaired) electrons. The van der Waals surface area contributed by atoms with Crippen molar-refractivity contribution < 1.29 is 19.2 Å². The minimum Gasteiger partial charge on any atom is -0.463 e. The number of benzene rings is 1. The van der Waals surface area contributed by atoms with Crippen LogP contribution in [0.25, 0.3) is 5.57 Å². The number of hydrogen-bond acceptors (Lipinski definition) is 5. The first-order chi connectivity index (χ1) is 12.8. The van der Waals surface area contributed by atoms with Gasteiger partial charge in [-0.1, -0.05) is 17.7 Å². The summed E-state index contributed by atoms with van der Waals surface area (Å²) < 4.78 is 5.38. The molecular weight excluding hydrogens is 344 g/mol. The second-order valence-corrected chi connectivity index (χ2v) is 7.39. The molecule has 1 aromatic carbocycles. The molecule has 0 aromatic heterocycles. The van der Waals surface area contributed by atoms with E-state index in [1.54, 1.807) is 14.0 Å². The Kier molecular flexibility index (Phi) is 5.40. The molecule has 3 rings (SSSR count). The fourth-order valence-corrected chi connectivity index (χ4v) is 4.43. The summed E-state index contributed by atoms with van der Waals surface area (Å²) in [5.41, 5.74) is 4.20. The molecule has 2 aliphatic heterocycles. The third kappa shape index (κ3) is 3.39. The largest absolute Gasteiger partial charge is 0.463 e. The van der Waals surface area contributed by atoms with Gasteiger partial charge in [-0.25, -0.2) is 4.79 Å². The second-order valence-electron chi connectivity index (χ2n) is 7.39. The van der Waals surface area contributed by atoms with Crippen LogP contribution in [0.5, 0.6) is 0 Å². The Morgan fingerprint density at radius 3 is 2.30 bits per heavy atom. The van der Waals surface area contributed by atoms with Crippen molar-refractivity contribution in [2.24, 2.45) is 0 Å². The number of hydrogen-bond donors (Lipinski definition) is 1. The summed E-state index contributed by atoms with van der Waals surface area (Å²) in [7, 11) is 1.64. The molecule has 2 heterocycles. The molecule has 27 heavy (non-hydrogen) atoms. The maximum Gasteiger partial charge on any atom is 0.337 e. The highest BCUT2D eigenvalue weighted by atomic mass is 16.7. The van der Waals surface area contributed by atoms with Crippen LogP contribution < -0.4 is 5.32 Å². The van der Waals surface area contributed by atoms with Gasteiger partial charge in [-0.3, -0.25) is 4.79 Å². The molecule has 1 amide bonds. The van der Waals surface area contributed by atoms with Crippen LogP contribution in [0.15, 0.2) is 17.7 Å². The Labute approximate surface area is 160 Å². The van der Waals surface area contributed by atoms with Crippen LogP contribution in [0, 0.1) is 20.8 Å². The fraction of sp³-hybridized carbons (Fsp3) is 0.524. The van der Waals surface area contributed by atoms with Crippen molar-refractivity contribution in [3.63, 3.8) is 0 Å². The van der Waals surface area contributed by atoms with Gasteiger partial charge in [-0.15, -0.1) is 0 Å². The molecule has 1 spiro atoms. The molecule has 6 nitrogen and oxygen atoms in total. The van der Waals surface area contributed by atoms with Gasteiger partial charge < -0.3 is 14.9 Å². The highest BCUT2D eigenvalue weighted by Crippen LogP contribution is 2.42. The summed E-state index contributed by atoms with van der Waals surface area (Å²) in [6, 6.07) is 4.09. The predicted octanol–water partition coefficient (Wildman–Crippen LogP) is 2.45. The van der Waals surface area contributed by atoms with E-state index in [4.69, 9.17) is 9.57 Å². The zero-order chi connectivity index (χ0) is 19.8. The molecule has 0 bridgehead atoms. The number of carbonyl (C=O) groups excluding carboxylic acids is 2. The van der Waals surface area contributed by atoms with E-state index in [9.17, 15) is 9.59 Å². The number of piperidine rings is 1. The summed E-state index contributed by atoms with van der Waals surface area (Å²) in [5.74, 6) is -0.602. The van der Waals surface area contributed by atoms with Gasteiger partial charge in [0.05, 0.1) is 30.4 Å². The normalized spacial score (nSPS) is 19.5. The molecule has 1 fully saturated rings. The zero-order valence-electron chi connectivity index (χ0n) is 16.8. The van der Waals surface area contributed by atoms with E-state index >= 15 is 0 Å².